The number of carboxylic acid groups (broad SMARTS) is 1. The molecule has 0 saturated carbocycles. The molecule has 0 saturated heterocycles. The molecule has 0 radical (unpaired) electrons. The van der Waals surface area contributed by atoms with Crippen LogP contribution in [-0.4, -0.2) is 22.5 Å². The molecule has 1 aliphatic rings. The van der Waals surface area contributed by atoms with Gasteiger partial charge in [0.2, 0.25) is 5.78 Å². The highest BCUT2D eigenvalue weighted by atomic mass is 16.5. The molecule has 4 nitrogen and oxygen atoms in total. The third-order valence-electron chi connectivity index (χ3n) is 2.51. The fourth-order valence-electron chi connectivity index (χ4n) is 1.63. The number of ketones is 1. The average molecular weight is 236 g/mol. The second-order valence-corrected chi connectivity index (χ2v) is 3.97. The van der Waals surface area contributed by atoms with Crippen molar-refractivity contribution in [1.82, 2.24) is 0 Å². The first-order chi connectivity index (χ1) is 7.92. The lowest BCUT2D eigenvalue weighted by atomic mass is 9.96. The summed E-state index contributed by atoms with van der Waals surface area (Å²) < 4.78 is 5.34. The number of allylic oxidation sites excluding steroid dienone is 4. The van der Waals surface area contributed by atoms with E-state index in [0.29, 0.717) is 0 Å². The Kier molecular flexibility index (Phi) is 3.89. The molecule has 4 heteroatoms. The number of carbonyl (C=O) groups is 2. The first kappa shape index (κ1) is 13.2. The zero-order valence-corrected chi connectivity index (χ0v) is 10.2. The van der Waals surface area contributed by atoms with Crippen molar-refractivity contribution in [3.63, 3.8) is 0 Å². The van der Waals surface area contributed by atoms with Gasteiger partial charge in [0.05, 0.1) is 0 Å². The Morgan fingerprint density at radius 1 is 1.47 bits per heavy atom. The summed E-state index contributed by atoms with van der Waals surface area (Å²) >= 11 is 0. The number of carbonyl (C=O) groups excluding carboxylic acids is 1. The maximum absolute atomic E-state index is 11.9. The van der Waals surface area contributed by atoms with Crippen LogP contribution in [0.1, 0.15) is 27.2 Å². The lowest BCUT2D eigenvalue weighted by molar-refractivity contribution is -0.135. The van der Waals surface area contributed by atoms with Crippen LogP contribution in [-0.2, 0) is 14.3 Å². The quantitative estimate of drug-likeness (QED) is 0.600. The van der Waals surface area contributed by atoms with Crippen LogP contribution in [0.5, 0.6) is 0 Å². The summed E-state index contributed by atoms with van der Waals surface area (Å²) in [4.78, 5) is 22.8. The van der Waals surface area contributed by atoms with Crippen molar-refractivity contribution in [3.05, 3.63) is 35.6 Å². The van der Waals surface area contributed by atoms with Gasteiger partial charge in [-0.05, 0) is 26.3 Å². The molecule has 0 amide bonds. The van der Waals surface area contributed by atoms with Crippen LogP contribution < -0.4 is 0 Å². The van der Waals surface area contributed by atoms with Gasteiger partial charge < -0.3 is 9.84 Å². The van der Waals surface area contributed by atoms with Crippen LogP contribution in [0.2, 0.25) is 0 Å². The van der Waals surface area contributed by atoms with Crippen molar-refractivity contribution in [1.29, 1.82) is 0 Å². The molecular weight excluding hydrogens is 220 g/mol. The predicted octanol–water partition coefficient (Wildman–Crippen LogP) is 2.23. The molecule has 0 aliphatic carbocycles. The molecule has 0 aromatic heterocycles. The molecule has 17 heavy (non-hydrogen) atoms. The van der Waals surface area contributed by atoms with Crippen LogP contribution in [0.25, 0.3) is 0 Å². The zero-order valence-electron chi connectivity index (χ0n) is 10.2. The van der Waals surface area contributed by atoms with Crippen LogP contribution in [0.15, 0.2) is 35.6 Å². The van der Waals surface area contributed by atoms with Crippen molar-refractivity contribution < 1.29 is 19.4 Å². The lowest BCUT2D eigenvalue weighted by Gasteiger charge is -2.18. The Bertz CT molecular complexity index is 429. The number of hydrogen-bond acceptors (Lipinski definition) is 3. The van der Waals surface area contributed by atoms with Gasteiger partial charge in [-0.3, -0.25) is 4.79 Å². The number of hydrogen-bond donors (Lipinski definition) is 1. The van der Waals surface area contributed by atoms with E-state index in [1.807, 2.05) is 13.0 Å². The van der Waals surface area contributed by atoms with Crippen LogP contribution in [0, 0.1) is 0 Å². The number of aliphatic carboxylic acids is 1. The molecule has 1 heterocycles. The highest BCUT2D eigenvalue weighted by Crippen LogP contribution is 2.31. The van der Waals surface area contributed by atoms with E-state index in [2.05, 4.69) is 0 Å². The highest BCUT2D eigenvalue weighted by molar-refractivity contribution is 6.22. The minimum Gasteiger partial charge on any atom is -0.479 e. The third kappa shape index (κ3) is 2.64. The number of Topliss-reactive ketones (excluding diaryl/α,β-unsaturated/α-hetero) is 1. The summed E-state index contributed by atoms with van der Waals surface area (Å²) in [5.74, 6) is -1.59. The van der Waals surface area contributed by atoms with E-state index in [1.165, 1.54) is 6.92 Å². The fourth-order valence-corrected chi connectivity index (χ4v) is 1.63. The van der Waals surface area contributed by atoms with E-state index in [-0.39, 0.29) is 11.3 Å². The van der Waals surface area contributed by atoms with Gasteiger partial charge in [0.15, 0.2) is 5.60 Å². The molecule has 1 aliphatic heterocycles. The first-order valence-electron chi connectivity index (χ1n) is 5.44. The molecule has 0 bridgehead atoms. The largest absolute Gasteiger partial charge is 0.479 e. The summed E-state index contributed by atoms with van der Waals surface area (Å²) in [6, 6.07) is 0. The van der Waals surface area contributed by atoms with E-state index >= 15 is 0 Å². The molecular formula is C13H16O4. The molecule has 1 unspecified atom stereocenters. The molecule has 0 aromatic rings. The van der Waals surface area contributed by atoms with E-state index in [1.54, 1.807) is 25.2 Å². The highest BCUT2D eigenvalue weighted by Gasteiger charge is 2.45. The summed E-state index contributed by atoms with van der Waals surface area (Å²) in [7, 11) is 0. The molecule has 0 fully saturated rings. The smallest absolute Gasteiger partial charge is 0.342 e. The lowest BCUT2D eigenvalue weighted by Crippen LogP contribution is -2.32. The van der Waals surface area contributed by atoms with Gasteiger partial charge in [-0.2, -0.15) is 0 Å². The van der Waals surface area contributed by atoms with Gasteiger partial charge in [0, 0.05) is 0 Å². The summed E-state index contributed by atoms with van der Waals surface area (Å²) in [6.07, 6.45) is 7.89. The predicted molar refractivity (Wildman–Crippen MR) is 63.4 cm³/mol. The summed E-state index contributed by atoms with van der Waals surface area (Å²) in [5, 5.41) is 8.90. The van der Waals surface area contributed by atoms with Crippen LogP contribution in [0.3, 0.4) is 0 Å². The number of ether oxygens (including phenoxy) is 1. The minimum atomic E-state index is -1.24. The molecule has 92 valence electrons. The Balaban J connectivity index is 2.91. The van der Waals surface area contributed by atoms with Gasteiger partial charge >= 0.3 is 5.97 Å². The van der Waals surface area contributed by atoms with Crippen molar-refractivity contribution in [2.24, 2.45) is 0 Å². The van der Waals surface area contributed by atoms with Crippen LogP contribution in [0.4, 0.5) is 0 Å². The molecule has 0 spiro atoms. The van der Waals surface area contributed by atoms with E-state index < -0.39 is 17.4 Å². The fraction of sp³-hybridized carbons (Fsp3) is 0.385. The molecule has 0 aromatic carbocycles. The van der Waals surface area contributed by atoms with Crippen molar-refractivity contribution in [3.8, 4) is 0 Å². The van der Waals surface area contributed by atoms with E-state index in [9.17, 15) is 9.59 Å². The Hall–Kier alpha value is -1.84. The SMILES string of the molecule is CCC=CC=CC1(C)OC(C)=C(C(=O)O)C1=O. The zero-order chi connectivity index (χ0) is 13.1. The Labute approximate surface area is 100 Å². The Morgan fingerprint density at radius 3 is 2.59 bits per heavy atom. The monoisotopic (exact) mass is 236 g/mol. The minimum absolute atomic E-state index is 0.161. The first-order valence-corrected chi connectivity index (χ1v) is 5.44. The number of rotatable bonds is 4. The second kappa shape index (κ2) is 4.99. The van der Waals surface area contributed by atoms with E-state index in [4.69, 9.17) is 9.84 Å². The topological polar surface area (TPSA) is 63.6 Å². The summed E-state index contributed by atoms with van der Waals surface area (Å²) in [6.45, 7) is 5.05. The van der Waals surface area contributed by atoms with Crippen molar-refractivity contribution >= 4 is 11.8 Å². The normalized spacial score (nSPS) is 25.0. The number of carboxylic acids is 1. The Morgan fingerprint density at radius 2 is 2.12 bits per heavy atom. The maximum atomic E-state index is 11.9. The van der Waals surface area contributed by atoms with Gasteiger partial charge in [-0.15, -0.1) is 0 Å². The third-order valence-corrected chi connectivity index (χ3v) is 2.51. The standard InChI is InChI=1S/C13H16O4/c1-4-5-6-7-8-13(3)11(14)10(12(15)16)9(2)17-13/h5-8H,4H2,1-3H3,(H,15,16). The second-order valence-electron chi connectivity index (χ2n) is 3.97. The van der Waals surface area contributed by atoms with Gasteiger partial charge in [-0.1, -0.05) is 25.2 Å². The van der Waals surface area contributed by atoms with E-state index in [0.717, 1.165) is 6.42 Å². The molecule has 1 N–H and O–H groups in total. The van der Waals surface area contributed by atoms with Crippen LogP contribution >= 0.6 is 0 Å². The van der Waals surface area contributed by atoms with Gasteiger partial charge in [0.25, 0.3) is 0 Å². The van der Waals surface area contributed by atoms with Gasteiger partial charge in [0.1, 0.15) is 11.3 Å². The maximum Gasteiger partial charge on any atom is 0.342 e. The van der Waals surface area contributed by atoms with Crippen molar-refractivity contribution in [2.75, 3.05) is 0 Å². The van der Waals surface area contributed by atoms with Crippen molar-refractivity contribution in [2.45, 2.75) is 32.8 Å². The van der Waals surface area contributed by atoms with Gasteiger partial charge in [-0.25, -0.2) is 4.79 Å². The molecule has 1 atom stereocenters. The average Bonchev–Trinajstić information content (AvgIpc) is 2.45. The molecule has 1 rings (SSSR count). The summed E-state index contributed by atoms with van der Waals surface area (Å²) in [5.41, 5.74) is -1.47.